The zero-order valence-electron chi connectivity index (χ0n) is 12.8. The van der Waals surface area contributed by atoms with Gasteiger partial charge in [0.05, 0.1) is 12.4 Å². The summed E-state index contributed by atoms with van der Waals surface area (Å²) >= 11 is 2.65. The lowest BCUT2D eigenvalue weighted by atomic mass is 10.2. The van der Waals surface area contributed by atoms with Crippen molar-refractivity contribution in [2.45, 2.75) is 11.3 Å². The molecule has 1 aromatic carbocycles. The molecule has 0 spiro atoms. The van der Waals surface area contributed by atoms with Gasteiger partial charge in [0.1, 0.15) is 5.82 Å². The van der Waals surface area contributed by atoms with Gasteiger partial charge in [0.15, 0.2) is 4.34 Å². The fraction of sp³-hybridized carbons (Fsp3) is 0.357. The van der Waals surface area contributed by atoms with Crippen molar-refractivity contribution < 1.29 is 13.9 Å². The van der Waals surface area contributed by atoms with Gasteiger partial charge >= 0.3 is 0 Å². The number of ether oxygens (including phenoxy) is 1. The molecule has 2 rings (SSSR count). The Morgan fingerprint density at radius 2 is 2.26 bits per heavy atom. The molecule has 0 aliphatic carbocycles. The summed E-state index contributed by atoms with van der Waals surface area (Å²) in [6.07, 6.45) is 0. The molecule has 0 saturated heterocycles. The maximum Gasteiger partial charge on any atom is 0.234 e. The van der Waals surface area contributed by atoms with E-state index in [1.807, 2.05) is 0 Å². The summed E-state index contributed by atoms with van der Waals surface area (Å²) in [5.74, 6) is -0.379. The van der Waals surface area contributed by atoms with Gasteiger partial charge < -0.3 is 15.4 Å². The number of nitrogens with one attached hydrogen (secondary N) is 2. The Morgan fingerprint density at radius 1 is 1.43 bits per heavy atom. The lowest BCUT2D eigenvalue weighted by molar-refractivity contribution is -0.113. The predicted octanol–water partition coefficient (Wildman–Crippen LogP) is 2.77. The van der Waals surface area contributed by atoms with Crippen molar-refractivity contribution in [3.05, 3.63) is 29.6 Å². The first-order valence-electron chi connectivity index (χ1n) is 6.83. The molecule has 0 aliphatic heterocycles. The van der Waals surface area contributed by atoms with Crippen LogP contribution in [0, 0.1) is 12.7 Å². The number of rotatable bonds is 8. The minimum absolute atomic E-state index is 0.183. The fourth-order valence-corrected chi connectivity index (χ4v) is 3.17. The normalized spacial score (nSPS) is 10.6. The van der Waals surface area contributed by atoms with Crippen LogP contribution in [0.5, 0.6) is 0 Å². The van der Waals surface area contributed by atoms with Gasteiger partial charge in [-0.15, -0.1) is 10.2 Å². The van der Waals surface area contributed by atoms with Crippen LogP contribution in [0.15, 0.2) is 22.5 Å². The van der Waals surface area contributed by atoms with E-state index in [1.165, 1.54) is 29.2 Å². The van der Waals surface area contributed by atoms with E-state index >= 15 is 0 Å². The smallest absolute Gasteiger partial charge is 0.234 e. The highest BCUT2D eigenvalue weighted by Crippen LogP contribution is 2.25. The van der Waals surface area contributed by atoms with E-state index in [0.717, 1.165) is 0 Å². The Morgan fingerprint density at radius 3 is 3.00 bits per heavy atom. The zero-order valence-corrected chi connectivity index (χ0v) is 14.4. The number of nitrogens with zero attached hydrogens (tertiary/aromatic N) is 2. The average molecular weight is 356 g/mol. The minimum Gasteiger partial charge on any atom is -0.383 e. The van der Waals surface area contributed by atoms with Gasteiger partial charge in [-0.25, -0.2) is 4.39 Å². The van der Waals surface area contributed by atoms with Crippen LogP contribution in [0.2, 0.25) is 0 Å². The third-order valence-electron chi connectivity index (χ3n) is 2.77. The van der Waals surface area contributed by atoms with Gasteiger partial charge in [0.25, 0.3) is 0 Å². The number of aromatic nitrogens is 2. The number of halogens is 1. The number of hydrogen-bond donors (Lipinski definition) is 2. The molecule has 1 aromatic heterocycles. The molecular weight excluding hydrogens is 339 g/mol. The van der Waals surface area contributed by atoms with Crippen LogP contribution in [0.4, 0.5) is 15.2 Å². The average Bonchev–Trinajstić information content (AvgIpc) is 2.97. The van der Waals surface area contributed by atoms with Crippen molar-refractivity contribution in [2.24, 2.45) is 0 Å². The lowest BCUT2D eigenvalue weighted by Crippen LogP contribution is -2.14. The predicted molar refractivity (Wildman–Crippen MR) is 90.8 cm³/mol. The van der Waals surface area contributed by atoms with Crippen molar-refractivity contribution >= 4 is 39.8 Å². The van der Waals surface area contributed by atoms with E-state index in [0.29, 0.717) is 33.9 Å². The van der Waals surface area contributed by atoms with Gasteiger partial charge in [0, 0.05) is 19.3 Å². The molecule has 0 atom stereocenters. The van der Waals surface area contributed by atoms with Crippen LogP contribution in [-0.4, -0.2) is 42.1 Å². The van der Waals surface area contributed by atoms with Gasteiger partial charge in [-0.2, -0.15) is 0 Å². The third-order valence-corrected chi connectivity index (χ3v) is 4.79. The Balaban J connectivity index is 1.78. The van der Waals surface area contributed by atoms with E-state index < -0.39 is 0 Å². The number of hydrogen-bond acceptors (Lipinski definition) is 7. The van der Waals surface area contributed by atoms with Crippen LogP contribution in [0.25, 0.3) is 0 Å². The number of aryl methyl sites for hydroxylation is 1. The van der Waals surface area contributed by atoms with Crippen molar-refractivity contribution in [1.82, 2.24) is 10.2 Å². The van der Waals surface area contributed by atoms with Gasteiger partial charge in [-0.05, 0) is 24.6 Å². The molecule has 2 N–H and O–H groups in total. The summed E-state index contributed by atoms with van der Waals surface area (Å²) in [6, 6.07) is 4.60. The van der Waals surface area contributed by atoms with E-state index in [2.05, 4.69) is 20.8 Å². The SMILES string of the molecule is COCCNc1nnc(SCC(=O)Nc2ccc(C)c(F)c2)s1. The van der Waals surface area contributed by atoms with E-state index in [9.17, 15) is 9.18 Å². The highest BCUT2D eigenvalue weighted by atomic mass is 32.2. The first-order valence-corrected chi connectivity index (χ1v) is 8.64. The molecule has 0 saturated carbocycles. The second kappa shape index (κ2) is 8.80. The molecule has 124 valence electrons. The summed E-state index contributed by atoms with van der Waals surface area (Å²) in [5.41, 5.74) is 0.984. The minimum atomic E-state index is -0.341. The van der Waals surface area contributed by atoms with Crippen molar-refractivity contribution in [3.63, 3.8) is 0 Å². The van der Waals surface area contributed by atoms with Gasteiger partial charge in [-0.1, -0.05) is 29.2 Å². The number of thioether (sulfide) groups is 1. The molecule has 0 unspecified atom stereocenters. The molecule has 6 nitrogen and oxygen atoms in total. The standard InChI is InChI=1S/C14H17FN4O2S2/c1-9-3-4-10(7-11(9)15)17-12(20)8-22-14-19-18-13(23-14)16-5-6-21-2/h3-4,7H,5-6,8H2,1-2H3,(H,16,18)(H,17,20). The Hall–Kier alpha value is -1.71. The first-order chi connectivity index (χ1) is 11.1. The summed E-state index contributed by atoms with van der Waals surface area (Å²) < 4.78 is 19.0. The second-order valence-corrected chi connectivity index (χ2v) is 6.79. The summed E-state index contributed by atoms with van der Waals surface area (Å²) in [4.78, 5) is 11.9. The quantitative estimate of drug-likeness (QED) is 0.559. The van der Waals surface area contributed by atoms with Crippen molar-refractivity contribution in [2.75, 3.05) is 36.6 Å². The molecule has 9 heteroatoms. The summed E-state index contributed by atoms with van der Waals surface area (Å²) in [7, 11) is 1.63. The molecular formula is C14H17FN4O2S2. The number of amides is 1. The summed E-state index contributed by atoms with van der Waals surface area (Å²) in [6.45, 7) is 2.90. The monoisotopic (exact) mass is 356 g/mol. The molecule has 0 bridgehead atoms. The molecule has 0 radical (unpaired) electrons. The maximum absolute atomic E-state index is 13.4. The van der Waals surface area contributed by atoms with E-state index in [-0.39, 0.29) is 17.5 Å². The highest BCUT2D eigenvalue weighted by Gasteiger charge is 2.09. The van der Waals surface area contributed by atoms with Crippen LogP contribution in [0.3, 0.4) is 0 Å². The Kier molecular flexibility index (Phi) is 6.75. The Labute approximate surface area is 141 Å². The van der Waals surface area contributed by atoms with Gasteiger partial charge in [0.2, 0.25) is 11.0 Å². The van der Waals surface area contributed by atoms with Crippen LogP contribution < -0.4 is 10.6 Å². The molecule has 0 aliphatic rings. The molecule has 1 heterocycles. The van der Waals surface area contributed by atoms with Crippen LogP contribution in [0.1, 0.15) is 5.56 Å². The van der Waals surface area contributed by atoms with E-state index in [1.54, 1.807) is 26.2 Å². The summed E-state index contributed by atoms with van der Waals surface area (Å²) in [5, 5.41) is 14.4. The number of carbonyl (C=O) groups is 1. The maximum atomic E-state index is 13.4. The van der Waals surface area contributed by atoms with E-state index in [4.69, 9.17) is 4.74 Å². The molecule has 23 heavy (non-hydrogen) atoms. The lowest BCUT2D eigenvalue weighted by Gasteiger charge is -2.05. The molecule has 1 amide bonds. The Bertz CT molecular complexity index is 666. The third kappa shape index (κ3) is 5.77. The van der Waals surface area contributed by atoms with Crippen molar-refractivity contribution in [1.29, 1.82) is 0 Å². The highest BCUT2D eigenvalue weighted by molar-refractivity contribution is 8.01. The first kappa shape index (κ1) is 17.6. The number of carbonyl (C=O) groups excluding carboxylic acids is 1. The molecule has 2 aromatic rings. The van der Waals surface area contributed by atoms with Crippen LogP contribution in [-0.2, 0) is 9.53 Å². The molecule has 0 fully saturated rings. The van der Waals surface area contributed by atoms with Gasteiger partial charge in [-0.3, -0.25) is 4.79 Å². The van der Waals surface area contributed by atoms with Crippen LogP contribution >= 0.6 is 23.1 Å². The topological polar surface area (TPSA) is 76.1 Å². The number of methoxy groups -OCH3 is 1. The zero-order chi connectivity index (χ0) is 16.7. The van der Waals surface area contributed by atoms with Crippen molar-refractivity contribution in [3.8, 4) is 0 Å². The second-order valence-electron chi connectivity index (χ2n) is 4.59. The largest absolute Gasteiger partial charge is 0.383 e. The number of benzene rings is 1. The number of anilines is 2. The fourth-order valence-electron chi connectivity index (χ4n) is 1.59.